The third kappa shape index (κ3) is 3.97. The molecule has 2 fully saturated rings. The van der Waals surface area contributed by atoms with Crippen molar-refractivity contribution in [1.82, 2.24) is 15.1 Å². The molecule has 8 nitrogen and oxygen atoms in total. The Kier molecular flexibility index (Phi) is 5.05. The lowest BCUT2D eigenvalue weighted by molar-refractivity contribution is -0.124. The van der Waals surface area contributed by atoms with E-state index < -0.39 is 17.9 Å². The third-order valence-electron chi connectivity index (χ3n) is 6.28. The molecule has 2 aliphatic heterocycles. The van der Waals surface area contributed by atoms with Crippen LogP contribution in [0.1, 0.15) is 34.5 Å². The summed E-state index contributed by atoms with van der Waals surface area (Å²) in [5.74, 6) is -0.00504. The standard InChI is InChI=1S/C22H24FN5O3/c23-16-5-3-13(4-6-16)11-27-7-8-28-18(19(27)20(24)29)10-15-9-17(25-26-21(15)28)22(30)31-12-14-1-2-14/h3-6,9,14,18-19H,1-2,7-8,10-12H2,(H2,24,29). The van der Waals surface area contributed by atoms with E-state index in [1.165, 1.54) is 12.1 Å². The first-order valence-corrected chi connectivity index (χ1v) is 10.6. The van der Waals surface area contributed by atoms with Crippen LogP contribution in [0, 0.1) is 11.7 Å². The zero-order valence-electron chi connectivity index (χ0n) is 17.0. The van der Waals surface area contributed by atoms with E-state index in [2.05, 4.69) is 15.1 Å². The summed E-state index contributed by atoms with van der Waals surface area (Å²) in [6, 6.07) is 7.26. The number of carbonyl (C=O) groups is 2. The average Bonchev–Trinajstić information content (AvgIpc) is 3.51. The number of nitrogens with two attached hydrogens (primary N) is 1. The monoisotopic (exact) mass is 425 g/mol. The number of halogens is 1. The maximum absolute atomic E-state index is 13.2. The van der Waals surface area contributed by atoms with Crippen LogP contribution in [0.25, 0.3) is 0 Å². The topological polar surface area (TPSA) is 102 Å². The third-order valence-corrected chi connectivity index (χ3v) is 6.28. The molecule has 0 bridgehead atoms. The molecule has 5 rings (SSSR count). The van der Waals surface area contributed by atoms with E-state index in [1.54, 1.807) is 18.2 Å². The van der Waals surface area contributed by atoms with E-state index in [-0.39, 0.29) is 17.6 Å². The van der Waals surface area contributed by atoms with Gasteiger partial charge in [0.25, 0.3) is 0 Å². The van der Waals surface area contributed by atoms with Gasteiger partial charge in [-0.2, -0.15) is 0 Å². The van der Waals surface area contributed by atoms with Gasteiger partial charge in [-0.25, -0.2) is 9.18 Å². The summed E-state index contributed by atoms with van der Waals surface area (Å²) < 4.78 is 18.6. The van der Waals surface area contributed by atoms with Crippen molar-refractivity contribution in [1.29, 1.82) is 0 Å². The summed E-state index contributed by atoms with van der Waals surface area (Å²) in [6.07, 6.45) is 2.74. The molecule has 1 aromatic heterocycles. The molecule has 31 heavy (non-hydrogen) atoms. The molecule has 162 valence electrons. The quantitative estimate of drug-likeness (QED) is 0.696. The van der Waals surface area contributed by atoms with Crippen molar-refractivity contribution in [2.75, 3.05) is 24.6 Å². The fourth-order valence-corrected chi connectivity index (χ4v) is 4.50. The van der Waals surface area contributed by atoms with Crippen LogP contribution in [0.4, 0.5) is 10.2 Å². The Labute approximate surface area is 179 Å². The van der Waals surface area contributed by atoms with Gasteiger partial charge in [0.2, 0.25) is 5.91 Å². The van der Waals surface area contributed by atoms with Gasteiger partial charge in [-0.3, -0.25) is 9.69 Å². The molecular weight excluding hydrogens is 401 g/mol. The molecule has 1 saturated carbocycles. The van der Waals surface area contributed by atoms with Gasteiger partial charge in [0.15, 0.2) is 11.5 Å². The molecule has 1 aromatic carbocycles. The highest BCUT2D eigenvalue weighted by molar-refractivity contribution is 5.88. The van der Waals surface area contributed by atoms with Gasteiger partial charge in [0.1, 0.15) is 11.9 Å². The first-order valence-electron chi connectivity index (χ1n) is 10.6. The Morgan fingerprint density at radius 1 is 1.16 bits per heavy atom. The number of primary amides is 1. The number of hydrogen-bond acceptors (Lipinski definition) is 7. The second kappa shape index (κ2) is 7.88. The van der Waals surface area contributed by atoms with Crippen molar-refractivity contribution in [3.63, 3.8) is 0 Å². The molecular formula is C22H24FN5O3. The van der Waals surface area contributed by atoms with E-state index in [0.29, 0.717) is 44.4 Å². The van der Waals surface area contributed by atoms with Crippen LogP contribution < -0.4 is 10.6 Å². The largest absolute Gasteiger partial charge is 0.461 e. The fraction of sp³-hybridized carbons (Fsp3) is 0.455. The number of ether oxygens (including phenoxy) is 1. The minimum Gasteiger partial charge on any atom is -0.461 e. The van der Waals surface area contributed by atoms with Crippen LogP contribution in [0.2, 0.25) is 0 Å². The molecule has 1 amide bonds. The summed E-state index contributed by atoms with van der Waals surface area (Å²) in [6.45, 7) is 2.18. The van der Waals surface area contributed by atoms with Gasteiger partial charge in [0, 0.05) is 25.2 Å². The molecule has 2 N–H and O–H groups in total. The summed E-state index contributed by atoms with van der Waals surface area (Å²) in [4.78, 5) is 28.8. The first-order chi connectivity index (χ1) is 15.0. The maximum Gasteiger partial charge on any atom is 0.358 e. The molecule has 1 aliphatic carbocycles. The Balaban J connectivity index is 1.34. The van der Waals surface area contributed by atoms with Crippen LogP contribution >= 0.6 is 0 Å². The van der Waals surface area contributed by atoms with Crippen LogP contribution in [0.15, 0.2) is 30.3 Å². The number of piperazine rings is 1. The molecule has 9 heteroatoms. The number of amides is 1. The van der Waals surface area contributed by atoms with Crippen LogP contribution in [0.5, 0.6) is 0 Å². The molecule has 3 heterocycles. The number of rotatable bonds is 6. The van der Waals surface area contributed by atoms with Crippen LogP contribution in [-0.2, 0) is 22.5 Å². The predicted octanol–water partition coefficient (Wildman–Crippen LogP) is 1.28. The maximum atomic E-state index is 13.2. The number of esters is 1. The van der Waals surface area contributed by atoms with Gasteiger partial charge in [-0.05, 0) is 48.9 Å². The van der Waals surface area contributed by atoms with Crippen molar-refractivity contribution in [2.24, 2.45) is 11.7 Å². The highest BCUT2D eigenvalue weighted by Gasteiger charge is 2.45. The highest BCUT2D eigenvalue weighted by Crippen LogP contribution is 2.36. The summed E-state index contributed by atoms with van der Waals surface area (Å²) in [5, 5.41) is 8.36. The fourth-order valence-electron chi connectivity index (χ4n) is 4.50. The van der Waals surface area contributed by atoms with E-state index in [4.69, 9.17) is 10.5 Å². The Morgan fingerprint density at radius 2 is 1.94 bits per heavy atom. The number of anilines is 1. The molecule has 3 aliphatic rings. The minimum absolute atomic E-state index is 0.186. The van der Waals surface area contributed by atoms with E-state index in [1.807, 2.05) is 4.90 Å². The molecule has 0 spiro atoms. The van der Waals surface area contributed by atoms with Gasteiger partial charge in [0.05, 0.1) is 12.6 Å². The summed E-state index contributed by atoms with van der Waals surface area (Å²) >= 11 is 0. The molecule has 2 aromatic rings. The van der Waals surface area contributed by atoms with Gasteiger partial charge < -0.3 is 15.4 Å². The van der Waals surface area contributed by atoms with Crippen molar-refractivity contribution in [3.05, 3.63) is 53.0 Å². The average molecular weight is 425 g/mol. The summed E-state index contributed by atoms with van der Waals surface area (Å²) in [7, 11) is 0. The zero-order valence-corrected chi connectivity index (χ0v) is 17.0. The van der Waals surface area contributed by atoms with E-state index in [0.717, 1.165) is 24.0 Å². The number of aromatic nitrogens is 2. The van der Waals surface area contributed by atoms with Gasteiger partial charge >= 0.3 is 5.97 Å². The number of benzene rings is 1. The van der Waals surface area contributed by atoms with Crippen molar-refractivity contribution in [2.45, 2.75) is 37.9 Å². The molecule has 1 saturated heterocycles. The smallest absolute Gasteiger partial charge is 0.358 e. The summed E-state index contributed by atoms with van der Waals surface area (Å²) in [5.41, 5.74) is 7.78. The first kappa shape index (κ1) is 19.9. The van der Waals surface area contributed by atoms with Gasteiger partial charge in [-0.15, -0.1) is 10.2 Å². The lowest BCUT2D eigenvalue weighted by Crippen LogP contribution is -2.63. The minimum atomic E-state index is -0.529. The van der Waals surface area contributed by atoms with Gasteiger partial charge in [-0.1, -0.05) is 12.1 Å². The second-order valence-electron chi connectivity index (χ2n) is 8.53. The van der Waals surface area contributed by atoms with Crippen LogP contribution in [0.3, 0.4) is 0 Å². The highest BCUT2D eigenvalue weighted by atomic mass is 19.1. The lowest BCUT2D eigenvalue weighted by Gasteiger charge is -2.43. The number of nitrogens with zero attached hydrogens (tertiary/aromatic N) is 4. The van der Waals surface area contributed by atoms with Crippen molar-refractivity contribution >= 4 is 17.7 Å². The lowest BCUT2D eigenvalue weighted by atomic mass is 9.98. The molecule has 2 unspecified atom stereocenters. The zero-order chi connectivity index (χ0) is 21.5. The Hall–Kier alpha value is -3.07. The number of carbonyl (C=O) groups excluding carboxylic acids is 2. The van der Waals surface area contributed by atoms with Crippen molar-refractivity contribution < 1.29 is 18.7 Å². The predicted molar refractivity (Wildman–Crippen MR) is 110 cm³/mol. The number of hydrogen-bond donors (Lipinski definition) is 1. The Morgan fingerprint density at radius 3 is 2.65 bits per heavy atom. The molecule has 0 radical (unpaired) electrons. The second-order valence-corrected chi connectivity index (χ2v) is 8.53. The van der Waals surface area contributed by atoms with Crippen molar-refractivity contribution in [3.8, 4) is 0 Å². The normalized spacial score (nSPS) is 22.7. The molecule has 2 atom stereocenters. The van der Waals surface area contributed by atoms with E-state index in [9.17, 15) is 14.0 Å². The SMILES string of the molecule is NC(=O)C1C2Cc3cc(C(=O)OCC4CC4)nnc3N2CCN1Cc1ccc(F)cc1. The van der Waals surface area contributed by atoms with Crippen LogP contribution in [-0.4, -0.2) is 58.8 Å². The van der Waals surface area contributed by atoms with E-state index >= 15 is 0 Å². The number of fused-ring (bicyclic) bond motifs is 3. The Bertz CT molecular complexity index is 1010.